The molecule has 0 aliphatic heterocycles. The van der Waals surface area contributed by atoms with Gasteiger partial charge in [-0.25, -0.2) is 14.8 Å². The Kier molecular flexibility index (Phi) is 4.15. The van der Waals surface area contributed by atoms with Crippen molar-refractivity contribution >= 4 is 17.0 Å². The molecule has 4 nitrogen and oxygen atoms in total. The second-order valence-corrected chi connectivity index (χ2v) is 5.84. The van der Waals surface area contributed by atoms with Crippen LogP contribution in [-0.2, 0) is 4.74 Å². The average molecular weight is 340 g/mol. The molecular formula is C22H16N2O2. The Bertz CT molecular complexity index is 1070. The lowest BCUT2D eigenvalue weighted by molar-refractivity contribution is 0.0601. The number of hydrogen-bond donors (Lipinski definition) is 0. The van der Waals surface area contributed by atoms with Crippen molar-refractivity contribution in [1.29, 1.82) is 0 Å². The van der Waals surface area contributed by atoms with Crippen LogP contribution in [0.4, 0.5) is 0 Å². The highest BCUT2D eigenvalue weighted by Crippen LogP contribution is 2.31. The van der Waals surface area contributed by atoms with Gasteiger partial charge in [0.05, 0.1) is 35.1 Å². The van der Waals surface area contributed by atoms with E-state index < -0.39 is 0 Å². The van der Waals surface area contributed by atoms with Crippen molar-refractivity contribution in [2.75, 3.05) is 7.11 Å². The SMILES string of the molecule is COC(=O)c1ccc(-c2nc3ccccc3nc2-c2ccccc2)cc1. The molecule has 4 heteroatoms. The molecule has 0 spiro atoms. The van der Waals surface area contributed by atoms with Crippen LogP contribution in [-0.4, -0.2) is 23.0 Å². The minimum Gasteiger partial charge on any atom is -0.465 e. The van der Waals surface area contributed by atoms with Crippen LogP contribution in [0.2, 0.25) is 0 Å². The Morgan fingerprint density at radius 3 is 1.73 bits per heavy atom. The van der Waals surface area contributed by atoms with E-state index in [2.05, 4.69) is 0 Å². The summed E-state index contributed by atoms with van der Waals surface area (Å²) in [6, 6.07) is 25.0. The summed E-state index contributed by atoms with van der Waals surface area (Å²) in [6.07, 6.45) is 0. The van der Waals surface area contributed by atoms with E-state index >= 15 is 0 Å². The zero-order valence-electron chi connectivity index (χ0n) is 14.2. The number of fused-ring (bicyclic) bond motifs is 1. The van der Waals surface area contributed by atoms with Gasteiger partial charge in [0.1, 0.15) is 0 Å². The highest BCUT2D eigenvalue weighted by atomic mass is 16.5. The minimum atomic E-state index is -0.357. The molecule has 1 aromatic heterocycles. The number of carbonyl (C=O) groups is 1. The molecule has 4 aromatic rings. The monoisotopic (exact) mass is 340 g/mol. The fourth-order valence-corrected chi connectivity index (χ4v) is 2.88. The number of esters is 1. The molecule has 0 amide bonds. The summed E-state index contributed by atoms with van der Waals surface area (Å²) in [7, 11) is 1.37. The summed E-state index contributed by atoms with van der Waals surface area (Å²) in [5.41, 5.74) is 5.68. The number of benzene rings is 3. The van der Waals surface area contributed by atoms with Crippen LogP contribution in [0.15, 0.2) is 78.9 Å². The molecule has 0 aliphatic carbocycles. The first-order valence-electron chi connectivity index (χ1n) is 8.27. The molecule has 0 radical (unpaired) electrons. The van der Waals surface area contributed by atoms with Crippen molar-refractivity contribution < 1.29 is 9.53 Å². The quantitative estimate of drug-likeness (QED) is 0.505. The molecule has 0 saturated heterocycles. The van der Waals surface area contributed by atoms with Crippen LogP contribution in [0.25, 0.3) is 33.5 Å². The van der Waals surface area contributed by atoms with E-state index in [1.54, 1.807) is 12.1 Å². The number of hydrogen-bond acceptors (Lipinski definition) is 4. The largest absolute Gasteiger partial charge is 0.465 e. The van der Waals surface area contributed by atoms with Gasteiger partial charge in [0, 0.05) is 11.1 Å². The van der Waals surface area contributed by atoms with Gasteiger partial charge in [-0.1, -0.05) is 54.6 Å². The molecule has 0 bridgehead atoms. The van der Waals surface area contributed by atoms with Gasteiger partial charge in [0.25, 0.3) is 0 Å². The summed E-state index contributed by atoms with van der Waals surface area (Å²) >= 11 is 0. The third kappa shape index (κ3) is 2.93. The van der Waals surface area contributed by atoms with E-state index in [4.69, 9.17) is 14.7 Å². The lowest BCUT2D eigenvalue weighted by atomic mass is 10.0. The zero-order chi connectivity index (χ0) is 17.9. The number of para-hydroxylation sites is 2. The maximum Gasteiger partial charge on any atom is 0.337 e. The molecule has 126 valence electrons. The standard InChI is InChI=1S/C22H16N2O2/c1-26-22(25)17-13-11-16(12-14-17)21-20(15-7-3-2-4-8-15)23-18-9-5-6-10-19(18)24-21/h2-14H,1H3. The Morgan fingerprint density at radius 1 is 0.692 bits per heavy atom. The summed E-state index contributed by atoms with van der Waals surface area (Å²) in [5.74, 6) is -0.357. The number of nitrogens with zero attached hydrogens (tertiary/aromatic N) is 2. The van der Waals surface area contributed by atoms with Gasteiger partial charge in [-0.05, 0) is 24.3 Å². The fourth-order valence-electron chi connectivity index (χ4n) is 2.88. The number of rotatable bonds is 3. The lowest BCUT2D eigenvalue weighted by Gasteiger charge is -2.11. The second-order valence-electron chi connectivity index (χ2n) is 5.84. The Labute approximate surface area is 151 Å². The summed E-state index contributed by atoms with van der Waals surface area (Å²) in [6.45, 7) is 0. The van der Waals surface area contributed by atoms with Gasteiger partial charge in [-0.15, -0.1) is 0 Å². The van der Waals surface area contributed by atoms with Crippen LogP contribution in [0.5, 0.6) is 0 Å². The summed E-state index contributed by atoms with van der Waals surface area (Å²) in [5, 5.41) is 0. The maximum absolute atomic E-state index is 11.7. The van der Waals surface area contributed by atoms with Crippen molar-refractivity contribution in [2.24, 2.45) is 0 Å². The molecule has 0 atom stereocenters. The van der Waals surface area contributed by atoms with Crippen molar-refractivity contribution in [3.63, 3.8) is 0 Å². The van der Waals surface area contributed by atoms with E-state index in [1.807, 2.05) is 66.7 Å². The van der Waals surface area contributed by atoms with Gasteiger partial charge in [0.2, 0.25) is 0 Å². The van der Waals surface area contributed by atoms with Gasteiger partial charge >= 0.3 is 5.97 Å². The molecular weight excluding hydrogens is 324 g/mol. The molecule has 0 fully saturated rings. The third-order valence-electron chi connectivity index (χ3n) is 4.20. The first-order valence-corrected chi connectivity index (χ1v) is 8.27. The molecule has 4 rings (SSSR count). The maximum atomic E-state index is 11.7. The predicted molar refractivity (Wildman–Crippen MR) is 102 cm³/mol. The summed E-state index contributed by atoms with van der Waals surface area (Å²) < 4.78 is 4.77. The van der Waals surface area contributed by atoms with Crippen LogP contribution >= 0.6 is 0 Å². The van der Waals surface area contributed by atoms with E-state index in [0.717, 1.165) is 33.5 Å². The number of carbonyl (C=O) groups excluding carboxylic acids is 1. The van der Waals surface area contributed by atoms with Crippen molar-refractivity contribution in [1.82, 2.24) is 9.97 Å². The molecule has 3 aromatic carbocycles. The second kappa shape index (κ2) is 6.76. The molecule has 0 saturated carbocycles. The van der Waals surface area contributed by atoms with E-state index in [0.29, 0.717) is 5.56 Å². The molecule has 26 heavy (non-hydrogen) atoms. The number of ether oxygens (including phenoxy) is 1. The topological polar surface area (TPSA) is 52.1 Å². The lowest BCUT2D eigenvalue weighted by Crippen LogP contribution is -2.01. The highest BCUT2D eigenvalue weighted by molar-refractivity contribution is 5.91. The smallest absolute Gasteiger partial charge is 0.337 e. The van der Waals surface area contributed by atoms with E-state index in [9.17, 15) is 4.79 Å². The van der Waals surface area contributed by atoms with E-state index in [-0.39, 0.29) is 5.97 Å². The Morgan fingerprint density at radius 2 is 1.19 bits per heavy atom. The van der Waals surface area contributed by atoms with Crippen molar-refractivity contribution in [2.45, 2.75) is 0 Å². The van der Waals surface area contributed by atoms with Crippen LogP contribution in [0, 0.1) is 0 Å². The highest BCUT2D eigenvalue weighted by Gasteiger charge is 2.14. The van der Waals surface area contributed by atoms with Crippen LogP contribution in [0.1, 0.15) is 10.4 Å². The predicted octanol–water partition coefficient (Wildman–Crippen LogP) is 4.75. The average Bonchev–Trinajstić information content (AvgIpc) is 2.73. The van der Waals surface area contributed by atoms with Gasteiger partial charge < -0.3 is 4.74 Å². The number of methoxy groups -OCH3 is 1. The molecule has 0 unspecified atom stereocenters. The molecule has 1 heterocycles. The zero-order valence-corrected chi connectivity index (χ0v) is 14.2. The van der Waals surface area contributed by atoms with E-state index in [1.165, 1.54) is 7.11 Å². The van der Waals surface area contributed by atoms with Crippen molar-refractivity contribution in [3.8, 4) is 22.5 Å². The first kappa shape index (κ1) is 16.0. The van der Waals surface area contributed by atoms with Crippen LogP contribution in [0.3, 0.4) is 0 Å². The molecule has 0 N–H and O–H groups in total. The fraction of sp³-hybridized carbons (Fsp3) is 0.0455. The normalized spacial score (nSPS) is 10.7. The Balaban J connectivity index is 1.91. The van der Waals surface area contributed by atoms with Gasteiger partial charge in [-0.2, -0.15) is 0 Å². The van der Waals surface area contributed by atoms with Gasteiger partial charge in [0.15, 0.2) is 0 Å². The molecule has 0 aliphatic rings. The number of aromatic nitrogens is 2. The minimum absolute atomic E-state index is 0.357. The van der Waals surface area contributed by atoms with Gasteiger partial charge in [-0.3, -0.25) is 0 Å². The van der Waals surface area contributed by atoms with Crippen molar-refractivity contribution in [3.05, 3.63) is 84.4 Å². The summed E-state index contributed by atoms with van der Waals surface area (Å²) in [4.78, 5) is 21.4. The Hall–Kier alpha value is -3.53. The third-order valence-corrected chi connectivity index (χ3v) is 4.20. The first-order chi connectivity index (χ1) is 12.8. The van der Waals surface area contributed by atoms with Crippen LogP contribution < -0.4 is 0 Å².